The molecule has 250 valence electrons. The molecule has 14 heteroatoms. The van der Waals surface area contributed by atoms with E-state index < -0.39 is 54.3 Å². The van der Waals surface area contributed by atoms with E-state index in [0.29, 0.717) is 18.5 Å². The van der Waals surface area contributed by atoms with Crippen molar-refractivity contribution in [2.24, 2.45) is 10.9 Å². The molecule has 2 aliphatic heterocycles. The van der Waals surface area contributed by atoms with Gasteiger partial charge in [0.15, 0.2) is 5.17 Å². The zero-order valence-corrected chi connectivity index (χ0v) is 31.0. The van der Waals surface area contributed by atoms with Crippen LogP contribution in [0.15, 0.2) is 17.3 Å². The normalized spacial score (nSPS) is 27.0. The Morgan fingerprint density at radius 2 is 1.73 bits per heavy atom. The van der Waals surface area contributed by atoms with Gasteiger partial charge in [-0.2, -0.15) is 4.39 Å². The van der Waals surface area contributed by atoms with Crippen LogP contribution in [0.1, 0.15) is 67.4 Å². The van der Waals surface area contributed by atoms with Crippen LogP contribution in [-0.2, 0) is 29.1 Å². The molecule has 3 aliphatic rings. The minimum Gasteiger partial charge on any atom is -0.443 e. The van der Waals surface area contributed by atoms with Crippen molar-refractivity contribution in [3.63, 3.8) is 0 Å². The van der Waals surface area contributed by atoms with Gasteiger partial charge in [0, 0.05) is 51.9 Å². The summed E-state index contributed by atoms with van der Waals surface area (Å²) in [5.74, 6) is -1.19. The van der Waals surface area contributed by atoms with Gasteiger partial charge >= 0.3 is 13.2 Å². The molecular formula is C31H50BFN4O6SSi. The lowest BCUT2D eigenvalue weighted by Crippen LogP contribution is -2.49. The van der Waals surface area contributed by atoms with E-state index in [0.717, 1.165) is 6.04 Å². The Kier molecular flexibility index (Phi) is 9.49. The number of aliphatic imine (C=N–C) groups is 1. The molecule has 2 amide bonds. The van der Waals surface area contributed by atoms with Gasteiger partial charge in [-0.1, -0.05) is 37.5 Å². The number of pyridine rings is 1. The second-order valence-electron chi connectivity index (χ2n) is 15.9. The van der Waals surface area contributed by atoms with Crippen LogP contribution in [0.25, 0.3) is 0 Å². The molecule has 45 heavy (non-hydrogen) atoms. The van der Waals surface area contributed by atoms with Crippen molar-refractivity contribution < 1.29 is 32.8 Å². The van der Waals surface area contributed by atoms with Crippen molar-refractivity contribution in [1.82, 2.24) is 14.8 Å². The maximum Gasteiger partial charge on any atom is 0.496 e. The zero-order chi connectivity index (χ0) is 34.0. The highest BCUT2D eigenvalue weighted by Crippen LogP contribution is 2.67. The Morgan fingerprint density at radius 1 is 1.13 bits per heavy atom. The fourth-order valence-corrected chi connectivity index (χ4v) is 7.91. The van der Waals surface area contributed by atoms with Crippen molar-refractivity contribution in [3.05, 3.63) is 23.8 Å². The molecule has 0 N–H and O–H groups in total. The minimum absolute atomic E-state index is 0.118. The fraction of sp³-hybridized carbons (Fsp3) is 0.742. The lowest BCUT2D eigenvalue weighted by molar-refractivity contribution is -0.129. The summed E-state index contributed by atoms with van der Waals surface area (Å²) < 4.78 is 39.2. The van der Waals surface area contributed by atoms with Gasteiger partial charge in [-0.05, 0) is 67.9 Å². The predicted octanol–water partition coefficient (Wildman–Crippen LogP) is 5.23. The number of carbonyl (C=O) groups excluding carboxylic acids is 2. The smallest absolute Gasteiger partial charge is 0.443 e. The third kappa shape index (κ3) is 7.29. The molecule has 4 rings (SSSR count). The van der Waals surface area contributed by atoms with Crippen molar-refractivity contribution in [2.75, 3.05) is 27.4 Å². The van der Waals surface area contributed by atoms with Crippen molar-refractivity contribution in [2.45, 2.75) is 115 Å². The molecule has 10 nitrogen and oxygen atoms in total. The topological polar surface area (TPSA) is 103 Å². The number of hydrogen-bond donors (Lipinski definition) is 0. The van der Waals surface area contributed by atoms with Gasteiger partial charge in [0.25, 0.3) is 0 Å². The van der Waals surface area contributed by atoms with E-state index in [1.165, 1.54) is 27.8 Å². The molecule has 1 saturated carbocycles. The van der Waals surface area contributed by atoms with E-state index in [2.05, 4.69) is 24.6 Å². The Labute approximate surface area is 273 Å². The molecule has 0 bridgehead atoms. The average Bonchev–Trinajstić information content (AvgIpc) is 3.58. The first-order valence-corrected chi connectivity index (χ1v) is 20.1. The van der Waals surface area contributed by atoms with Gasteiger partial charge in [0.1, 0.15) is 17.1 Å². The first-order chi connectivity index (χ1) is 20.4. The number of fused-ring (bicyclic) bond motifs is 1. The highest BCUT2D eigenvalue weighted by atomic mass is 32.2. The van der Waals surface area contributed by atoms with Gasteiger partial charge in [0.2, 0.25) is 11.9 Å². The fourth-order valence-electron chi connectivity index (χ4n) is 5.46. The molecule has 0 unspecified atom stereocenters. The first kappa shape index (κ1) is 35.8. The number of ether oxygens (including phenoxy) is 2. The number of amides is 2. The minimum atomic E-state index is -1.40. The van der Waals surface area contributed by atoms with Crippen LogP contribution in [0.3, 0.4) is 0 Å². The number of rotatable bonds is 8. The summed E-state index contributed by atoms with van der Waals surface area (Å²) >= 11 is 1.22. The summed E-state index contributed by atoms with van der Waals surface area (Å²) in [6.07, 6.45) is 1.20. The standard InChI is InChI=1S/C31H50BFN4O6SSi/c1-27(2,3)41-26(39)37(19-40-14-15-45(11,12)13)25-35-30(8,22-17-31(22,44-25)24(38)36(9)10)21-16-20(18-34-23(21)33)32-42-28(4,5)29(6,7)43-32/h16,18,22H,14-15,17,19H2,1-13H3/t22-,30+,31-/m0/s1. The van der Waals surface area contributed by atoms with Gasteiger partial charge in [-0.3, -0.25) is 9.79 Å². The lowest BCUT2D eigenvalue weighted by Gasteiger charge is -2.38. The molecule has 0 spiro atoms. The van der Waals surface area contributed by atoms with Crippen LogP contribution in [0.2, 0.25) is 25.7 Å². The highest BCUT2D eigenvalue weighted by molar-refractivity contribution is 8.16. The first-order valence-electron chi connectivity index (χ1n) is 15.5. The summed E-state index contributed by atoms with van der Waals surface area (Å²) in [4.78, 5) is 39.5. The Hall–Kier alpha value is -2.00. The van der Waals surface area contributed by atoms with Crippen LogP contribution < -0.4 is 5.46 Å². The summed E-state index contributed by atoms with van der Waals surface area (Å²) in [7, 11) is 1.23. The van der Waals surface area contributed by atoms with Crippen molar-refractivity contribution >= 4 is 49.6 Å². The molecule has 3 atom stereocenters. The molecule has 1 aromatic rings. The number of aromatic nitrogens is 1. The molecule has 1 saturated heterocycles. The Morgan fingerprint density at radius 3 is 2.27 bits per heavy atom. The highest BCUT2D eigenvalue weighted by Gasteiger charge is 2.72. The molecule has 0 aromatic carbocycles. The van der Waals surface area contributed by atoms with Gasteiger partial charge < -0.3 is 23.7 Å². The zero-order valence-electron chi connectivity index (χ0n) is 29.2. The van der Waals surface area contributed by atoms with Crippen LogP contribution in [-0.4, -0.2) is 96.1 Å². The molecule has 3 heterocycles. The number of halogens is 1. The lowest BCUT2D eigenvalue weighted by atomic mass is 9.77. The predicted molar refractivity (Wildman–Crippen MR) is 179 cm³/mol. The maximum absolute atomic E-state index is 15.8. The van der Waals surface area contributed by atoms with Gasteiger partial charge in [-0.15, -0.1) is 0 Å². The quantitative estimate of drug-likeness (QED) is 0.161. The number of carbonyl (C=O) groups is 2. The van der Waals surface area contributed by atoms with E-state index >= 15 is 4.39 Å². The Balaban J connectivity index is 1.80. The average molecular weight is 665 g/mol. The van der Waals surface area contributed by atoms with Crippen molar-refractivity contribution in [3.8, 4) is 0 Å². The van der Waals surface area contributed by atoms with Crippen LogP contribution in [0.4, 0.5) is 9.18 Å². The van der Waals surface area contributed by atoms with E-state index in [9.17, 15) is 9.59 Å². The van der Waals surface area contributed by atoms with Gasteiger partial charge in [0.05, 0.1) is 16.7 Å². The third-order valence-corrected chi connectivity index (χ3v) is 12.1. The van der Waals surface area contributed by atoms with E-state index in [-0.39, 0.29) is 29.3 Å². The summed E-state index contributed by atoms with van der Waals surface area (Å²) in [5, 5.41) is 0.240. The Bertz CT molecular complexity index is 1350. The van der Waals surface area contributed by atoms with Crippen LogP contribution in [0.5, 0.6) is 0 Å². The van der Waals surface area contributed by atoms with Crippen LogP contribution >= 0.6 is 11.8 Å². The molecule has 2 fully saturated rings. The maximum atomic E-state index is 15.8. The van der Waals surface area contributed by atoms with Gasteiger partial charge in [-0.25, -0.2) is 14.7 Å². The molecule has 1 aromatic heterocycles. The monoisotopic (exact) mass is 664 g/mol. The summed E-state index contributed by atoms with van der Waals surface area (Å²) in [6.45, 7) is 22.0. The number of hydrogen-bond acceptors (Lipinski definition) is 9. The van der Waals surface area contributed by atoms with Crippen LogP contribution in [0, 0.1) is 11.9 Å². The van der Waals surface area contributed by atoms with E-state index in [1.54, 1.807) is 47.9 Å². The van der Waals surface area contributed by atoms with Crippen molar-refractivity contribution in [1.29, 1.82) is 0 Å². The number of nitrogens with zero attached hydrogens (tertiary/aromatic N) is 4. The second kappa shape index (κ2) is 11.9. The SMILES string of the molecule is CN(C)C(=O)[C@]12C[C@H]1[C@@](C)(c1cc(B3OC(C)(C)C(C)(C)O3)cnc1F)N=C(N(COCC[Si](C)(C)C)C(=O)OC(C)(C)C)S2. The largest absolute Gasteiger partial charge is 0.496 e. The van der Waals surface area contributed by atoms with E-state index in [1.807, 2.05) is 27.7 Å². The molecule has 1 aliphatic carbocycles. The summed E-state index contributed by atoms with van der Waals surface area (Å²) in [5.41, 5.74) is -2.49. The molecule has 0 radical (unpaired) electrons. The third-order valence-electron chi connectivity index (χ3n) is 8.95. The summed E-state index contributed by atoms with van der Waals surface area (Å²) in [6, 6.07) is 2.58. The second-order valence-corrected chi connectivity index (χ2v) is 22.9. The molecular weight excluding hydrogens is 614 g/mol. The number of thioether (sulfide) groups is 1. The van der Waals surface area contributed by atoms with E-state index in [4.69, 9.17) is 23.8 Å². The number of amidine groups is 1.